The summed E-state index contributed by atoms with van der Waals surface area (Å²) in [5, 5.41) is 22.9. The van der Waals surface area contributed by atoms with Gasteiger partial charge in [0, 0.05) is 73.6 Å². The van der Waals surface area contributed by atoms with Crippen LogP contribution in [0.25, 0.3) is 22.0 Å². The first-order chi connectivity index (χ1) is 19.8. The van der Waals surface area contributed by atoms with Gasteiger partial charge in [0.2, 0.25) is 21.8 Å². The van der Waals surface area contributed by atoms with Crippen LogP contribution in [-0.2, 0) is 20.2 Å². The largest absolute Gasteiger partial charge is 0.475 e. The number of aromatic nitrogens is 2. The third-order valence-electron chi connectivity index (χ3n) is 7.51. The van der Waals surface area contributed by atoms with Gasteiger partial charge in [-0.15, -0.1) is 0 Å². The minimum Gasteiger partial charge on any atom is -0.475 e. The van der Waals surface area contributed by atoms with Gasteiger partial charge in [0.05, 0.1) is 36.4 Å². The first kappa shape index (κ1) is 30.0. The number of likely N-dealkylation sites (tertiary alicyclic amines) is 1. The summed E-state index contributed by atoms with van der Waals surface area (Å²) in [6.45, 7) is 5.23. The number of fused-ring (bicyclic) bond motifs is 4. The average Bonchev–Trinajstić information content (AvgIpc) is 3.12. The summed E-state index contributed by atoms with van der Waals surface area (Å²) in [4.78, 5) is 25.6. The maximum absolute atomic E-state index is 15.6. The van der Waals surface area contributed by atoms with Crippen molar-refractivity contribution in [2.45, 2.75) is 31.4 Å². The Hall–Kier alpha value is -3.43. The predicted molar refractivity (Wildman–Crippen MR) is 157 cm³/mol. The summed E-state index contributed by atoms with van der Waals surface area (Å²) in [6, 6.07) is 4.62. The number of β-amino-alcohol motifs (C(OH)–C–C–N with tert-alkyl or cyclic N) is 1. The highest BCUT2D eigenvalue weighted by Gasteiger charge is 2.58. The van der Waals surface area contributed by atoms with Crippen molar-refractivity contribution in [2.24, 2.45) is 0 Å². The van der Waals surface area contributed by atoms with Gasteiger partial charge in [0.25, 0.3) is 0 Å². The SMILES string of the molecule is CC(C)NCCOc1ncc(-c2cc3c4c(cnc3cc2F)N(C)C(=O)C42CN(C[C@H](O)CO)C2)cc1NS(C)(=O)=O. The number of carbonyl (C=O) groups excluding carboxylic acids is 1. The molecule has 42 heavy (non-hydrogen) atoms. The van der Waals surface area contributed by atoms with E-state index in [2.05, 4.69) is 20.0 Å². The molecule has 0 unspecified atom stereocenters. The normalized spacial score (nSPS) is 17.1. The second-order valence-electron chi connectivity index (χ2n) is 11.2. The minimum absolute atomic E-state index is 0.0595. The molecule has 12 nitrogen and oxygen atoms in total. The predicted octanol–water partition coefficient (Wildman–Crippen LogP) is 1.07. The number of amides is 1. The first-order valence-corrected chi connectivity index (χ1v) is 15.5. The van der Waals surface area contributed by atoms with Crippen molar-refractivity contribution in [3.8, 4) is 17.0 Å². The topological polar surface area (TPSA) is 157 Å². The number of aliphatic hydroxyl groups excluding tert-OH is 2. The highest BCUT2D eigenvalue weighted by molar-refractivity contribution is 7.92. The van der Waals surface area contributed by atoms with E-state index in [1.807, 2.05) is 18.7 Å². The Balaban J connectivity index is 1.56. The number of benzene rings is 1. The molecular formula is C28H35FN6O6S. The number of aliphatic hydroxyl groups is 2. The zero-order valence-electron chi connectivity index (χ0n) is 23.9. The third-order valence-corrected chi connectivity index (χ3v) is 8.10. The molecule has 2 aliphatic heterocycles. The van der Waals surface area contributed by atoms with Crippen molar-refractivity contribution in [2.75, 3.05) is 62.3 Å². The van der Waals surface area contributed by atoms with E-state index in [1.165, 1.54) is 18.3 Å². The monoisotopic (exact) mass is 602 g/mol. The Morgan fingerprint density at radius 3 is 2.60 bits per heavy atom. The number of rotatable bonds is 11. The highest BCUT2D eigenvalue weighted by atomic mass is 32.2. The van der Waals surface area contributed by atoms with Crippen LogP contribution in [0.5, 0.6) is 5.88 Å². The molecule has 0 aliphatic carbocycles. The Morgan fingerprint density at radius 2 is 1.93 bits per heavy atom. The van der Waals surface area contributed by atoms with E-state index in [0.29, 0.717) is 41.8 Å². The van der Waals surface area contributed by atoms with Gasteiger partial charge in [-0.3, -0.25) is 19.4 Å². The number of sulfonamides is 1. The molecule has 1 spiro atoms. The van der Waals surface area contributed by atoms with Crippen molar-refractivity contribution in [1.29, 1.82) is 0 Å². The van der Waals surface area contributed by atoms with Crippen LogP contribution in [-0.4, -0.2) is 104 Å². The van der Waals surface area contributed by atoms with Gasteiger partial charge in [-0.1, -0.05) is 13.8 Å². The summed E-state index contributed by atoms with van der Waals surface area (Å²) in [6.07, 6.45) is 3.05. The van der Waals surface area contributed by atoms with E-state index in [4.69, 9.17) is 4.74 Å². The summed E-state index contributed by atoms with van der Waals surface area (Å²) in [5.41, 5.74) is 1.32. The van der Waals surface area contributed by atoms with Crippen LogP contribution >= 0.6 is 0 Å². The number of nitrogens with one attached hydrogen (secondary N) is 2. The van der Waals surface area contributed by atoms with E-state index in [1.54, 1.807) is 24.2 Å². The molecule has 3 aromatic rings. The molecule has 4 heterocycles. The quantitative estimate of drug-likeness (QED) is 0.234. The summed E-state index contributed by atoms with van der Waals surface area (Å²) in [5.74, 6) is -0.656. The molecule has 1 fully saturated rings. The smallest absolute Gasteiger partial charge is 0.240 e. The summed E-state index contributed by atoms with van der Waals surface area (Å²) >= 11 is 0. The van der Waals surface area contributed by atoms with Crippen molar-refractivity contribution in [1.82, 2.24) is 20.2 Å². The van der Waals surface area contributed by atoms with E-state index in [0.717, 1.165) is 11.8 Å². The lowest BCUT2D eigenvalue weighted by Gasteiger charge is -2.47. The molecule has 1 saturated heterocycles. The standard InChI is InChI=1S/C28H35FN6O6S/c1-16(2)30-5-6-41-26-23(33-42(4,39)40)7-17(10-32-26)19-8-20-22(9-21(19)29)31-11-24-25(20)28(27(38)34(24)3)14-35(15-28)12-18(37)13-36/h7-11,16,18,30,33,36-37H,5-6,12-15H2,1-4H3/t18-/m0/s1. The number of hydrogen-bond acceptors (Lipinski definition) is 10. The molecule has 2 aliphatic rings. The number of hydrogen-bond donors (Lipinski definition) is 4. The van der Waals surface area contributed by atoms with Crippen molar-refractivity contribution in [3.63, 3.8) is 0 Å². The van der Waals surface area contributed by atoms with Crippen LogP contribution in [0.1, 0.15) is 19.4 Å². The molecule has 226 valence electrons. The Bertz CT molecular complexity index is 1630. The zero-order chi connectivity index (χ0) is 30.4. The minimum atomic E-state index is -3.71. The second-order valence-corrected chi connectivity index (χ2v) is 13.0. The summed E-state index contributed by atoms with van der Waals surface area (Å²) < 4.78 is 47.9. The van der Waals surface area contributed by atoms with Crippen LogP contribution in [0.2, 0.25) is 0 Å². The fourth-order valence-corrected chi connectivity index (χ4v) is 6.24. The number of nitrogens with zero attached hydrogens (tertiary/aromatic N) is 4. The Morgan fingerprint density at radius 1 is 1.19 bits per heavy atom. The van der Waals surface area contributed by atoms with Crippen molar-refractivity contribution < 1.29 is 32.6 Å². The fraction of sp³-hybridized carbons (Fsp3) is 0.464. The van der Waals surface area contributed by atoms with Crippen LogP contribution in [0.15, 0.2) is 30.6 Å². The van der Waals surface area contributed by atoms with Gasteiger partial charge >= 0.3 is 0 Å². The second kappa shape index (κ2) is 11.3. The molecule has 1 aromatic carbocycles. The molecular weight excluding hydrogens is 567 g/mol. The van der Waals surface area contributed by atoms with Crippen molar-refractivity contribution in [3.05, 3.63) is 42.0 Å². The molecule has 1 amide bonds. The van der Waals surface area contributed by atoms with Crippen LogP contribution < -0.4 is 19.7 Å². The van der Waals surface area contributed by atoms with Gasteiger partial charge in [-0.05, 0) is 12.1 Å². The van der Waals surface area contributed by atoms with Gasteiger partial charge in [-0.2, -0.15) is 0 Å². The van der Waals surface area contributed by atoms with Crippen LogP contribution in [0.3, 0.4) is 0 Å². The summed E-state index contributed by atoms with van der Waals surface area (Å²) in [7, 11) is -2.04. The number of anilines is 2. The van der Waals surface area contributed by atoms with Gasteiger partial charge in [0.1, 0.15) is 23.5 Å². The average molecular weight is 603 g/mol. The first-order valence-electron chi connectivity index (χ1n) is 13.6. The van der Waals surface area contributed by atoms with E-state index in [9.17, 15) is 23.4 Å². The fourth-order valence-electron chi connectivity index (χ4n) is 5.70. The highest BCUT2D eigenvalue weighted by Crippen LogP contribution is 2.50. The third kappa shape index (κ3) is 5.64. The van der Waals surface area contributed by atoms with Crippen molar-refractivity contribution >= 4 is 38.2 Å². The molecule has 2 aromatic heterocycles. The molecule has 14 heteroatoms. The Labute approximate surface area is 243 Å². The molecule has 1 atom stereocenters. The number of pyridine rings is 2. The number of halogens is 1. The zero-order valence-corrected chi connectivity index (χ0v) is 24.7. The van der Waals surface area contributed by atoms with E-state index < -0.39 is 27.4 Å². The maximum Gasteiger partial charge on any atom is 0.240 e. The Kier molecular flexibility index (Phi) is 8.11. The van der Waals surface area contributed by atoms with Gasteiger partial charge in [0.15, 0.2) is 0 Å². The molecule has 5 rings (SSSR count). The van der Waals surface area contributed by atoms with Gasteiger partial charge in [-0.25, -0.2) is 17.8 Å². The van der Waals surface area contributed by atoms with E-state index in [-0.39, 0.29) is 48.8 Å². The maximum atomic E-state index is 15.6. The molecule has 0 saturated carbocycles. The van der Waals surface area contributed by atoms with Gasteiger partial charge < -0.3 is 25.2 Å². The van der Waals surface area contributed by atoms with Crippen LogP contribution in [0.4, 0.5) is 15.8 Å². The number of carbonyl (C=O) groups is 1. The van der Waals surface area contributed by atoms with E-state index >= 15 is 4.39 Å². The number of ether oxygens (including phenoxy) is 1. The molecule has 0 bridgehead atoms. The van der Waals surface area contributed by atoms with Crippen LogP contribution in [0, 0.1) is 5.82 Å². The molecule has 0 radical (unpaired) electrons. The lowest BCUT2D eigenvalue weighted by atomic mass is 9.73. The lowest BCUT2D eigenvalue weighted by Crippen LogP contribution is -2.64. The molecule has 4 N–H and O–H groups in total. The lowest BCUT2D eigenvalue weighted by molar-refractivity contribution is -0.130. The number of likely N-dealkylation sites (N-methyl/N-ethyl adjacent to an activating group) is 1.